The molecule has 0 bridgehead atoms. The zero-order valence-electron chi connectivity index (χ0n) is 13.3. The van der Waals surface area contributed by atoms with Crippen LogP contribution in [0.5, 0.6) is 0 Å². The molecule has 1 saturated carbocycles. The smallest absolute Gasteiger partial charge is 0.224 e. The van der Waals surface area contributed by atoms with Crippen molar-refractivity contribution in [1.82, 2.24) is 5.32 Å². The molecule has 23 heavy (non-hydrogen) atoms. The van der Waals surface area contributed by atoms with E-state index in [-0.39, 0.29) is 23.7 Å². The van der Waals surface area contributed by atoms with Crippen LogP contribution in [0.15, 0.2) is 48.5 Å². The average Bonchev–Trinajstić information content (AvgIpc) is 3.29. The fourth-order valence-electron chi connectivity index (χ4n) is 3.01. The number of nitrogens with one attached hydrogen (secondary N) is 1. The van der Waals surface area contributed by atoms with Crippen LogP contribution in [0.4, 0.5) is 5.69 Å². The van der Waals surface area contributed by atoms with E-state index in [1.54, 1.807) is 0 Å². The van der Waals surface area contributed by atoms with Crippen molar-refractivity contribution in [3.8, 4) is 0 Å². The monoisotopic (exact) mass is 330 g/mol. The van der Waals surface area contributed by atoms with Gasteiger partial charge in [0, 0.05) is 17.6 Å². The Morgan fingerprint density at radius 3 is 2.39 bits per heavy atom. The molecule has 0 radical (unpaired) electrons. The van der Waals surface area contributed by atoms with E-state index in [0.717, 1.165) is 30.6 Å². The van der Waals surface area contributed by atoms with E-state index in [1.165, 1.54) is 11.1 Å². The summed E-state index contributed by atoms with van der Waals surface area (Å²) in [4.78, 5) is 12.1. The number of benzene rings is 2. The molecule has 0 unspecified atom stereocenters. The molecule has 122 valence electrons. The minimum Gasteiger partial charge on any atom is -0.399 e. The molecule has 3 nitrogen and oxygen atoms in total. The lowest BCUT2D eigenvalue weighted by molar-refractivity contribution is -0.120. The van der Waals surface area contributed by atoms with E-state index >= 15 is 0 Å². The molecule has 3 rings (SSSR count). The van der Waals surface area contributed by atoms with Gasteiger partial charge < -0.3 is 11.1 Å². The second-order valence-corrected chi connectivity index (χ2v) is 6.29. The molecule has 0 atom stereocenters. The number of aryl methyl sites for hydroxylation is 1. The maximum atomic E-state index is 12.1. The molecule has 0 aromatic heterocycles. The molecule has 3 N–H and O–H groups in total. The molecule has 0 saturated heterocycles. The van der Waals surface area contributed by atoms with Crippen LogP contribution < -0.4 is 11.1 Å². The largest absolute Gasteiger partial charge is 0.399 e. The molecule has 2 aromatic rings. The van der Waals surface area contributed by atoms with Gasteiger partial charge in [-0.25, -0.2) is 0 Å². The van der Waals surface area contributed by atoms with Gasteiger partial charge in [0.25, 0.3) is 0 Å². The first-order valence-electron chi connectivity index (χ1n) is 7.76. The highest BCUT2D eigenvalue weighted by Crippen LogP contribution is 2.48. The van der Waals surface area contributed by atoms with Gasteiger partial charge in [0.2, 0.25) is 5.91 Å². The summed E-state index contributed by atoms with van der Waals surface area (Å²) in [7, 11) is 0. The molecule has 1 amide bonds. The van der Waals surface area contributed by atoms with Gasteiger partial charge in [-0.1, -0.05) is 36.4 Å². The van der Waals surface area contributed by atoms with E-state index < -0.39 is 0 Å². The predicted octanol–water partition coefficient (Wildman–Crippen LogP) is 3.39. The highest BCUT2D eigenvalue weighted by Gasteiger charge is 2.44. The molecule has 2 aromatic carbocycles. The fraction of sp³-hybridized carbons (Fsp3) is 0.316. The Labute approximate surface area is 143 Å². The average molecular weight is 331 g/mol. The number of halogens is 1. The van der Waals surface area contributed by atoms with Crippen molar-refractivity contribution in [2.24, 2.45) is 0 Å². The topological polar surface area (TPSA) is 55.1 Å². The van der Waals surface area contributed by atoms with E-state index in [0.29, 0.717) is 6.42 Å². The van der Waals surface area contributed by atoms with Gasteiger partial charge in [-0.3, -0.25) is 4.79 Å². The number of anilines is 1. The number of nitrogens with two attached hydrogens (primary N) is 1. The molecule has 1 fully saturated rings. The van der Waals surface area contributed by atoms with Gasteiger partial charge in [0.15, 0.2) is 0 Å². The van der Waals surface area contributed by atoms with Gasteiger partial charge in [0.05, 0.1) is 6.42 Å². The van der Waals surface area contributed by atoms with Crippen molar-refractivity contribution in [2.75, 3.05) is 12.3 Å². The second-order valence-electron chi connectivity index (χ2n) is 6.29. The van der Waals surface area contributed by atoms with Crippen molar-refractivity contribution in [2.45, 2.75) is 31.6 Å². The summed E-state index contributed by atoms with van der Waals surface area (Å²) in [6.07, 6.45) is 2.71. The van der Waals surface area contributed by atoms with E-state index in [2.05, 4.69) is 36.5 Å². The standard InChI is InChI=1S/C19H22N2O.ClH/c1-14-4-2-3-5-17(14)19(10-11-19)13-21-18(22)12-15-6-8-16(20)9-7-15;/h2-9H,10-13,20H2,1H3,(H,21,22);1H. The highest BCUT2D eigenvalue weighted by molar-refractivity contribution is 5.85. The molecule has 4 heteroatoms. The maximum absolute atomic E-state index is 12.1. The van der Waals surface area contributed by atoms with Crippen LogP contribution in [0, 0.1) is 6.92 Å². The minimum absolute atomic E-state index is 0. The normalized spacial score (nSPS) is 14.7. The number of hydrogen-bond acceptors (Lipinski definition) is 2. The lowest BCUT2D eigenvalue weighted by atomic mass is 9.92. The van der Waals surface area contributed by atoms with Crippen LogP contribution in [-0.2, 0) is 16.6 Å². The van der Waals surface area contributed by atoms with Crippen molar-refractivity contribution in [3.05, 3.63) is 65.2 Å². The summed E-state index contributed by atoms with van der Waals surface area (Å²) in [5, 5.41) is 3.10. The van der Waals surface area contributed by atoms with Crippen molar-refractivity contribution in [3.63, 3.8) is 0 Å². The summed E-state index contributed by atoms with van der Waals surface area (Å²) in [6, 6.07) is 16.0. The maximum Gasteiger partial charge on any atom is 0.224 e. The highest BCUT2D eigenvalue weighted by atomic mass is 35.5. The first kappa shape index (κ1) is 17.4. The Morgan fingerprint density at radius 2 is 1.78 bits per heavy atom. The number of rotatable bonds is 5. The first-order valence-corrected chi connectivity index (χ1v) is 7.76. The summed E-state index contributed by atoms with van der Waals surface area (Å²) in [5.74, 6) is 0.0737. The predicted molar refractivity (Wildman–Crippen MR) is 96.9 cm³/mol. The third-order valence-electron chi connectivity index (χ3n) is 4.54. The Bertz CT molecular complexity index is 678. The van der Waals surface area contributed by atoms with Gasteiger partial charge in [-0.2, -0.15) is 0 Å². The van der Waals surface area contributed by atoms with Crippen molar-refractivity contribution >= 4 is 24.0 Å². The molecular formula is C19H23ClN2O. The molecule has 1 aliphatic rings. The van der Waals surface area contributed by atoms with Crippen molar-refractivity contribution < 1.29 is 4.79 Å². The lowest BCUT2D eigenvalue weighted by Crippen LogP contribution is -2.33. The Hall–Kier alpha value is -2.00. The lowest BCUT2D eigenvalue weighted by Gasteiger charge is -2.19. The number of amides is 1. The van der Waals surface area contributed by atoms with Gasteiger partial charge in [-0.05, 0) is 48.6 Å². The Kier molecular flexibility index (Phi) is 5.32. The Balaban J connectivity index is 0.00000192. The molecular weight excluding hydrogens is 308 g/mol. The van der Waals surface area contributed by atoms with Crippen LogP contribution in [-0.4, -0.2) is 12.5 Å². The Morgan fingerprint density at radius 1 is 1.13 bits per heavy atom. The first-order chi connectivity index (χ1) is 10.6. The van der Waals surface area contributed by atoms with Gasteiger partial charge in [-0.15, -0.1) is 12.4 Å². The minimum atomic E-state index is 0. The van der Waals surface area contributed by atoms with E-state index in [4.69, 9.17) is 5.73 Å². The van der Waals surface area contributed by atoms with E-state index in [1.807, 2.05) is 24.3 Å². The van der Waals surface area contributed by atoms with Crippen LogP contribution >= 0.6 is 12.4 Å². The SMILES string of the molecule is Cc1ccccc1C1(CNC(=O)Cc2ccc(N)cc2)CC1.Cl. The third-order valence-corrected chi connectivity index (χ3v) is 4.54. The molecule has 0 heterocycles. The van der Waals surface area contributed by atoms with Crippen LogP contribution in [0.25, 0.3) is 0 Å². The third kappa shape index (κ3) is 4.05. The molecule has 0 aliphatic heterocycles. The van der Waals surface area contributed by atoms with Crippen LogP contribution in [0.3, 0.4) is 0 Å². The summed E-state index contributed by atoms with van der Waals surface area (Å²) < 4.78 is 0. The number of carbonyl (C=O) groups excluding carboxylic acids is 1. The summed E-state index contributed by atoms with van der Waals surface area (Å²) in [5.41, 5.74) is 10.2. The molecule has 1 aliphatic carbocycles. The quantitative estimate of drug-likeness (QED) is 0.826. The van der Waals surface area contributed by atoms with Gasteiger partial charge >= 0.3 is 0 Å². The van der Waals surface area contributed by atoms with Crippen molar-refractivity contribution in [1.29, 1.82) is 0 Å². The zero-order chi connectivity index (χ0) is 15.6. The van der Waals surface area contributed by atoms with E-state index in [9.17, 15) is 4.79 Å². The zero-order valence-corrected chi connectivity index (χ0v) is 14.2. The van der Waals surface area contributed by atoms with Crippen LogP contribution in [0.2, 0.25) is 0 Å². The number of carbonyl (C=O) groups is 1. The number of nitrogen functional groups attached to an aromatic ring is 1. The van der Waals surface area contributed by atoms with Crippen LogP contribution in [0.1, 0.15) is 29.5 Å². The molecule has 0 spiro atoms. The fourth-order valence-corrected chi connectivity index (χ4v) is 3.01. The number of hydrogen-bond donors (Lipinski definition) is 2. The summed E-state index contributed by atoms with van der Waals surface area (Å²) >= 11 is 0. The van der Waals surface area contributed by atoms with Gasteiger partial charge in [0.1, 0.15) is 0 Å². The summed E-state index contributed by atoms with van der Waals surface area (Å²) in [6.45, 7) is 2.87. The second kappa shape index (κ2) is 7.05.